The van der Waals surface area contributed by atoms with Gasteiger partial charge in [0.05, 0.1) is 17.7 Å². The Morgan fingerprint density at radius 3 is 2.56 bits per heavy atom. The Bertz CT molecular complexity index is 1070. The van der Waals surface area contributed by atoms with E-state index < -0.39 is 10.0 Å². The molecule has 32 heavy (non-hydrogen) atoms. The molecule has 2 fully saturated rings. The number of aryl methyl sites for hydroxylation is 1. The number of ether oxygens (including phenoxy) is 1. The molecule has 7 nitrogen and oxygen atoms in total. The molecule has 1 atom stereocenters. The average Bonchev–Trinajstić information content (AvgIpc) is 3.46. The number of nitrogens with one attached hydrogen (secondary N) is 2. The number of anilines is 1. The van der Waals surface area contributed by atoms with Crippen molar-refractivity contribution in [2.24, 2.45) is 0 Å². The summed E-state index contributed by atoms with van der Waals surface area (Å²) in [7, 11) is -1.82. The Kier molecular flexibility index (Phi) is 6.93. The van der Waals surface area contributed by atoms with E-state index in [2.05, 4.69) is 14.9 Å². The van der Waals surface area contributed by atoms with Gasteiger partial charge in [0.25, 0.3) is 0 Å². The van der Waals surface area contributed by atoms with Crippen LogP contribution < -0.4 is 19.7 Å². The molecule has 9 heteroatoms. The zero-order chi connectivity index (χ0) is 22.7. The first kappa shape index (κ1) is 22.9. The topological polar surface area (TPSA) is 87.7 Å². The number of halogens is 1. The highest BCUT2D eigenvalue weighted by molar-refractivity contribution is 7.89. The first-order valence-corrected chi connectivity index (χ1v) is 12.7. The van der Waals surface area contributed by atoms with Gasteiger partial charge in [0.1, 0.15) is 5.75 Å². The fourth-order valence-electron chi connectivity index (χ4n) is 3.89. The van der Waals surface area contributed by atoms with Gasteiger partial charge in [-0.2, -0.15) is 0 Å². The lowest BCUT2D eigenvalue weighted by molar-refractivity contribution is -0.121. The van der Waals surface area contributed by atoms with Crippen LogP contribution in [0.1, 0.15) is 31.2 Å². The molecule has 1 aliphatic heterocycles. The number of sulfonamides is 1. The van der Waals surface area contributed by atoms with Crippen LogP contribution in [0.3, 0.4) is 0 Å². The highest BCUT2D eigenvalue weighted by atomic mass is 35.5. The van der Waals surface area contributed by atoms with Crippen LogP contribution >= 0.6 is 11.6 Å². The number of amides is 1. The zero-order valence-corrected chi connectivity index (χ0v) is 19.6. The summed E-state index contributed by atoms with van der Waals surface area (Å²) in [5.74, 6) is 0.751. The number of hydrogen-bond donors (Lipinski definition) is 2. The Labute approximate surface area is 194 Å². The third-order valence-electron chi connectivity index (χ3n) is 5.81. The van der Waals surface area contributed by atoms with Crippen LogP contribution in [0.25, 0.3) is 0 Å². The predicted molar refractivity (Wildman–Crippen MR) is 125 cm³/mol. The van der Waals surface area contributed by atoms with E-state index in [-0.39, 0.29) is 22.9 Å². The quantitative estimate of drug-likeness (QED) is 0.579. The Morgan fingerprint density at radius 1 is 1.12 bits per heavy atom. The van der Waals surface area contributed by atoms with Gasteiger partial charge in [-0.25, -0.2) is 13.1 Å². The van der Waals surface area contributed by atoms with Crippen LogP contribution in [-0.4, -0.2) is 46.6 Å². The van der Waals surface area contributed by atoms with Crippen molar-refractivity contribution in [1.29, 1.82) is 0 Å². The van der Waals surface area contributed by atoms with Crippen molar-refractivity contribution in [3.05, 3.63) is 53.1 Å². The van der Waals surface area contributed by atoms with Gasteiger partial charge in [0.2, 0.25) is 15.9 Å². The number of nitrogens with zero attached hydrogens (tertiary/aromatic N) is 1. The van der Waals surface area contributed by atoms with Crippen molar-refractivity contribution in [2.75, 3.05) is 25.1 Å². The van der Waals surface area contributed by atoms with Gasteiger partial charge in [-0.05, 0) is 61.6 Å². The van der Waals surface area contributed by atoms with Crippen molar-refractivity contribution < 1.29 is 17.9 Å². The smallest absolute Gasteiger partial charge is 0.240 e. The Morgan fingerprint density at radius 2 is 1.88 bits per heavy atom. The maximum atomic E-state index is 12.5. The summed E-state index contributed by atoms with van der Waals surface area (Å²) in [5.41, 5.74) is 1.87. The molecule has 1 amide bonds. The van der Waals surface area contributed by atoms with E-state index in [0.717, 1.165) is 42.8 Å². The number of benzene rings is 2. The van der Waals surface area contributed by atoms with Gasteiger partial charge < -0.3 is 15.0 Å². The van der Waals surface area contributed by atoms with Gasteiger partial charge in [-0.15, -0.1) is 0 Å². The monoisotopic (exact) mass is 477 g/mol. The van der Waals surface area contributed by atoms with Gasteiger partial charge >= 0.3 is 0 Å². The summed E-state index contributed by atoms with van der Waals surface area (Å²) in [6.07, 6.45) is 3.56. The van der Waals surface area contributed by atoms with Crippen LogP contribution in [0.2, 0.25) is 5.02 Å². The molecule has 1 saturated carbocycles. The average molecular weight is 478 g/mol. The minimum atomic E-state index is -3.45. The summed E-state index contributed by atoms with van der Waals surface area (Å²) in [4.78, 5) is 14.9. The highest BCUT2D eigenvalue weighted by Crippen LogP contribution is 2.33. The van der Waals surface area contributed by atoms with E-state index >= 15 is 0 Å². The molecule has 2 aromatic rings. The summed E-state index contributed by atoms with van der Waals surface area (Å²) >= 11 is 6.14. The molecule has 2 aromatic carbocycles. The lowest BCUT2D eigenvalue weighted by atomic mass is 10.1. The molecule has 0 spiro atoms. The molecule has 1 heterocycles. The Balaban J connectivity index is 1.26. The van der Waals surface area contributed by atoms with E-state index in [4.69, 9.17) is 16.3 Å². The Hall–Kier alpha value is -2.29. The van der Waals surface area contributed by atoms with Crippen molar-refractivity contribution in [3.8, 4) is 5.75 Å². The van der Waals surface area contributed by atoms with E-state index in [9.17, 15) is 13.2 Å². The second-order valence-electron chi connectivity index (χ2n) is 8.35. The molecule has 172 valence electrons. The van der Waals surface area contributed by atoms with Gasteiger partial charge in [-0.3, -0.25) is 4.79 Å². The van der Waals surface area contributed by atoms with Crippen LogP contribution in [0.4, 0.5) is 5.69 Å². The van der Waals surface area contributed by atoms with Gasteiger partial charge in [0, 0.05) is 36.6 Å². The lowest BCUT2D eigenvalue weighted by Crippen LogP contribution is -2.37. The minimum absolute atomic E-state index is 0.0120. The molecule has 1 unspecified atom stereocenters. The second kappa shape index (κ2) is 9.68. The molecule has 1 saturated heterocycles. The highest BCUT2D eigenvalue weighted by Gasteiger charge is 2.28. The molecule has 2 N–H and O–H groups in total. The largest absolute Gasteiger partial charge is 0.495 e. The molecular weight excluding hydrogens is 450 g/mol. The minimum Gasteiger partial charge on any atom is -0.495 e. The second-order valence-corrected chi connectivity index (χ2v) is 10.5. The van der Waals surface area contributed by atoms with E-state index in [1.165, 1.54) is 0 Å². The van der Waals surface area contributed by atoms with Gasteiger partial charge in [0.15, 0.2) is 0 Å². The van der Waals surface area contributed by atoms with Crippen LogP contribution in [0, 0.1) is 0 Å². The molecule has 0 radical (unpaired) electrons. The first-order valence-electron chi connectivity index (χ1n) is 10.8. The van der Waals surface area contributed by atoms with Gasteiger partial charge in [-0.1, -0.05) is 23.7 Å². The number of carbonyl (C=O) groups excluding carboxylic acids is 1. The summed E-state index contributed by atoms with van der Waals surface area (Å²) in [6, 6.07) is 12.4. The fraction of sp³-hybridized carbons (Fsp3) is 0.435. The van der Waals surface area contributed by atoms with E-state index in [1.807, 2.05) is 12.1 Å². The first-order chi connectivity index (χ1) is 15.3. The van der Waals surface area contributed by atoms with Crippen molar-refractivity contribution in [2.45, 2.75) is 49.1 Å². The summed E-state index contributed by atoms with van der Waals surface area (Å²) in [6.45, 7) is 1.51. The summed E-state index contributed by atoms with van der Waals surface area (Å²) < 4.78 is 32.6. The molecule has 2 aliphatic rings. The molecule has 1 aliphatic carbocycles. The predicted octanol–water partition coefficient (Wildman–Crippen LogP) is 3.12. The molecular formula is C23H28ClN3O4S. The number of hydrogen-bond acceptors (Lipinski definition) is 5. The van der Waals surface area contributed by atoms with Crippen molar-refractivity contribution >= 4 is 33.2 Å². The van der Waals surface area contributed by atoms with Crippen LogP contribution in [0.15, 0.2) is 47.4 Å². The number of rotatable bonds is 9. The number of methoxy groups -OCH3 is 1. The normalized spacial score (nSPS) is 18.6. The molecule has 0 aromatic heterocycles. The van der Waals surface area contributed by atoms with E-state index in [0.29, 0.717) is 24.4 Å². The lowest BCUT2D eigenvalue weighted by Gasteiger charge is -2.21. The van der Waals surface area contributed by atoms with Crippen LogP contribution in [0.5, 0.6) is 5.75 Å². The van der Waals surface area contributed by atoms with E-state index in [1.54, 1.807) is 37.4 Å². The van der Waals surface area contributed by atoms with Crippen molar-refractivity contribution in [1.82, 2.24) is 10.0 Å². The molecule has 4 rings (SSSR count). The third kappa shape index (κ3) is 5.74. The third-order valence-corrected chi connectivity index (χ3v) is 7.58. The maximum absolute atomic E-state index is 12.5. The molecule has 0 bridgehead atoms. The fourth-order valence-corrected chi connectivity index (χ4v) is 5.36. The summed E-state index contributed by atoms with van der Waals surface area (Å²) in [5, 5.41) is 3.75. The zero-order valence-electron chi connectivity index (χ0n) is 18.0. The van der Waals surface area contributed by atoms with Crippen LogP contribution in [-0.2, 0) is 21.2 Å². The van der Waals surface area contributed by atoms with Crippen molar-refractivity contribution in [3.63, 3.8) is 0 Å². The SMILES string of the molecule is COc1ccc(Cl)cc1N1CCC(NC(=O)CCc2ccc(S(=O)(=O)NC3CC3)cc2)C1. The maximum Gasteiger partial charge on any atom is 0.240 e. The standard InChI is InChI=1S/C23H28ClN3O4S/c1-31-22-10-5-17(24)14-21(22)27-13-12-19(15-27)25-23(28)11-4-16-2-8-20(9-3-16)32(29,30)26-18-6-7-18/h2-3,5,8-10,14,18-19,26H,4,6-7,11-13,15H2,1H3,(H,25,28). The number of carbonyl (C=O) groups is 1.